The highest BCUT2D eigenvalue weighted by atomic mass is 16.3. The van der Waals surface area contributed by atoms with Gasteiger partial charge in [0, 0.05) is 54.6 Å². The fourth-order valence-corrected chi connectivity index (χ4v) is 9.48. The number of nitrogens with zero attached hydrogens (tertiary/aromatic N) is 3. The van der Waals surface area contributed by atoms with Crippen LogP contribution in [0.3, 0.4) is 0 Å². The largest absolute Gasteiger partial charge is 0.456 e. The minimum absolute atomic E-state index is 0.0657. The van der Waals surface area contributed by atoms with Crippen LogP contribution < -0.4 is 0 Å². The summed E-state index contributed by atoms with van der Waals surface area (Å²) in [5.74, 6) is 0.710. The summed E-state index contributed by atoms with van der Waals surface area (Å²) in [5, 5.41) is 5.57. The summed E-state index contributed by atoms with van der Waals surface area (Å²) < 4.78 is 6.41. The van der Waals surface area contributed by atoms with E-state index in [1.165, 1.54) is 22.3 Å². The molecule has 0 spiro atoms. The van der Waals surface area contributed by atoms with Gasteiger partial charge in [0.25, 0.3) is 0 Å². The van der Waals surface area contributed by atoms with Crippen LogP contribution in [-0.2, 0) is 5.41 Å². The van der Waals surface area contributed by atoms with E-state index in [1.54, 1.807) is 0 Å². The molecule has 0 radical (unpaired) electrons. The quantitative estimate of drug-likeness (QED) is 0.164. The molecular weight excluding hydrogens is 731 g/mol. The van der Waals surface area contributed by atoms with Gasteiger partial charge in [0.15, 0.2) is 5.82 Å². The number of hydrogen-bond donors (Lipinski definition) is 0. The number of aromatic nitrogens is 3. The fourth-order valence-electron chi connectivity index (χ4n) is 9.48. The lowest BCUT2D eigenvalue weighted by atomic mass is 9.82. The second-order valence-corrected chi connectivity index (χ2v) is 16.4. The lowest BCUT2D eigenvalue weighted by Crippen LogP contribution is -2.14. The van der Waals surface area contributed by atoms with Gasteiger partial charge in [-0.3, -0.25) is 0 Å². The highest BCUT2D eigenvalue weighted by molar-refractivity contribution is 6.28. The molecule has 12 rings (SSSR count). The Hall–Kier alpha value is -7.69. The van der Waals surface area contributed by atoms with Crippen molar-refractivity contribution in [3.05, 3.63) is 199 Å². The zero-order valence-corrected chi connectivity index (χ0v) is 33.1. The van der Waals surface area contributed by atoms with Crippen LogP contribution in [0, 0.1) is 0 Å². The molecule has 0 bridgehead atoms. The molecule has 4 heteroatoms. The Labute approximate surface area is 347 Å². The third kappa shape index (κ3) is 5.34. The summed E-state index contributed by atoms with van der Waals surface area (Å²) in [6, 6.07) is 66.4. The van der Waals surface area contributed by atoms with Gasteiger partial charge in [-0.2, -0.15) is 0 Å². The molecule has 0 N–H and O–H groups in total. The molecule has 1 aliphatic rings. The molecule has 0 saturated carbocycles. The molecular formula is C56H37N3O. The van der Waals surface area contributed by atoms with E-state index in [0.717, 1.165) is 94.1 Å². The highest BCUT2D eigenvalue weighted by Gasteiger charge is 2.35. The van der Waals surface area contributed by atoms with Gasteiger partial charge in [0.1, 0.15) is 11.2 Å². The van der Waals surface area contributed by atoms with Crippen LogP contribution >= 0.6 is 0 Å². The van der Waals surface area contributed by atoms with Crippen LogP contribution in [0.4, 0.5) is 0 Å². The maximum absolute atomic E-state index is 6.41. The standard InChI is InChI=1S/C56H37N3O/c1-56(2)45-19-11-9-17-40(45)43-32-39(25-28-46(43)56)55-58-48(35-13-5-3-6-14-35)33-49(59-55)36-23-21-34(22-24-36)38-26-29-47-44(31-38)52-42(54(57-47)37-15-7-4-8-16-37)27-30-51-53(52)41-18-10-12-20-50(41)60-51/h3-33H,1-2H3. The highest BCUT2D eigenvalue weighted by Crippen LogP contribution is 2.49. The fraction of sp³-hybridized carbons (Fsp3) is 0.0536. The van der Waals surface area contributed by atoms with Crippen molar-refractivity contribution in [3.8, 4) is 67.4 Å². The van der Waals surface area contributed by atoms with Crippen molar-refractivity contribution >= 4 is 43.6 Å². The SMILES string of the molecule is CC1(C)c2ccccc2-c2cc(-c3nc(-c4ccccc4)cc(-c4ccc(-c5ccc6nc(-c7ccccc7)c7ccc8oc9ccccc9c8c7c6c5)cc4)n3)ccc21. The van der Waals surface area contributed by atoms with Gasteiger partial charge in [-0.05, 0) is 75.8 Å². The van der Waals surface area contributed by atoms with Crippen molar-refractivity contribution in [1.29, 1.82) is 0 Å². The Bertz CT molecular complexity index is 3490. The van der Waals surface area contributed by atoms with Crippen LogP contribution in [-0.4, -0.2) is 15.0 Å². The second-order valence-electron chi connectivity index (χ2n) is 16.4. The molecule has 3 aromatic heterocycles. The van der Waals surface area contributed by atoms with E-state index in [0.29, 0.717) is 5.82 Å². The molecule has 4 nitrogen and oxygen atoms in total. The number of rotatable bonds is 5. The van der Waals surface area contributed by atoms with Gasteiger partial charge < -0.3 is 4.42 Å². The monoisotopic (exact) mass is 767 g/mol. The van der Waals surface area contributed by atoms with Crippen LogP contribution in [0.2, 0.25) is 0 Å². The predicted octanol–water partition coefficient (Wildman–Crippen LogP) is 14.7. The molecule has 0 aliphatic heterocycles. The Morgan fingerprint density at radius 1 is 0.383 bits per heavy atom. The molecule has 8 aromatic carbocycles. The van der Waals surface area contributed by atoms with Crippen LogP contribution in [0.25, 0.3) is 111 Å². The summed E-state index contributed by atoms with van der Waals surface area (Å²) >= 11 is 0. The van der Waals surface area contributed by atoms with Gasteiger partial charge in [-0.1, -0.05) is 159 Å². The number of fused-ring (bicyclic) bond motifs is 10. The predicted molar refractivity (Wildman–Crippen MR) is 247 cm³/mol. The molecule has 11 aromatic rings. The summed E-state index contributed by atoms with van der Waals surface area (Å²) in [7, 11) is 0. The van der Waals surface area contributed by atoms with Crippen molar-refractivity contribution in [3.63, 3.8) is 0 Å². The van der Waals surface area contributed by atoms with Crippen LogP contribution in [0.1, 0.15) is 25.0 Å². The first-order chi connectivity index (χ1) is 29.5. The average molecular weight is 768 g/mol. The molecule has 1 aliphatic carbocycles. The average Bonchev–Trinajstić information content (AvgIpc) is 3.80. The maximum atomic E-state index is 6.41. The van der Waals surface area contributed by atoms with Gasteiger partial charge in [0.05, 0.1) is 22.6 Å². The van der Waals surface area contributed by atoms with Gasteiger partial charge in [0.2, 0.25) is 0 Å². The van der Waals surface area contributed by atoms with E-state index >= 15 is 0 Å². The van der Waals surface area contributed by atoms with E-state index in [9.17, 15) is 0 Å². The first-order valence-electron chi connectivity index (χ1n) is 20.5. The second kappa shape index (κ2) is 13.2. The minimum atomic E-state index is -0.0657. The summed E-state index contributed by atoms with van der Waals surface area (Å²) in [6.45, 7) is 4.62. The zero-order valence-electron chi connectivity index (χ0n) is 33.1. The molecule has 0 atom stereocenters. The normalized spacial score (nSPS) is 13.0. The van der Waals surface area contributed by atoms with Crippen molar-refractivity contribution < 1.29 is 4.42 Å². The molecule has 3 heterocycles. The summed E-state index contributed by atoms with van der Waals surface area (Å²) in [4.78, 5) is 15.7. The maximum Gasteiger partial charge on any atom is 0.160 e. The lowest BCUT2D eigenvalue weighted by Gasteiger charge is -2.21. The Kier molecular flexibility index (Phi) is 7.54. The van der Waals surface area contributed by atoms with Crippen molar-refractivity contribution in [2.24, 2.45) is 0 Å². The molecule has 0 saturated heterocycles. The zero-order chi connectivity index (χ0) is 40.0. The Balaban J connectivity index is 0.987. The summed E-state index contributed by atoms with van der Waals surface area (Å²) in [6.07, 6.45) is 0. The van der Waals surface area contributed by atoms with E-state index in [-0.39, 0.29) is 5.41 Å². The first kappa shape index (κ1) is 34.4. The van der Waals surface area contributed by atoms with Crippen molar-refractivity contribution in [1.82, 2.24) is 15.0 Å². The van der Waals surface area contributed by atoms with E-state index in [4.69, 9.17) is 19.4 Å². The molecule has 60 heavy (non-hydrogen) atoms. The summed E-state index contributed by atoms with van der Waals surface area (Å²) in [5.41, 5.74) is 17.0. The van der Waals surface area contributed by atoms with Gasteiger partial charge >= 0.3 is 0 Å². The smallest absolute Gasteiger partial charge is 0.160 e. The third-order valence-corrected chi connectivity index (χ3v) is 12.5. The molecule has 0 amide bonds. The first-order valence-corrected chi connectivity index (χ1v) is 20.5. The van der Waals surface area contributed by atoms with Gasteiger partial charge in [-0.25, -0.2) is 15.0 Å². The molecule has 282 valence electrons. The minimum Gasteiger partial charge on any atom is -0.456 e. The topological polar surface area (TPSA) is 51.8 Å². The van der Waals surface area contributed by atoms with E-state index in [1.807, 2.05) is 24.3 Å². The number of pyridine rings is 1. The van der Waals surface area contributed by atoms with Crippen LogP contribution in [0.15, 0.2) is 192 Å². The number of benzene rings is 8. The van der Waals surface area contributed by atoms with Crippen molar-refractivity contribution in [2.75, 3.05) is 0 Å². The third-order valence-electron chi connectivity index (χ3n) is 12.5. The Morgan fingerprint density at radius 2 is 1.02 bits per heavy atom. The van der Waals surface area contributed by atoms with Gasteiger partial charge in [-0.15, -0.1) is 0 Å². The van der Waals surface area contributed by atoms with Crippen molar-refractivity contribution in [2.45, 2.75) is 19.3 Å². The number of furan rings is 1. The number of hydrogen-bond acceptors (Lipinski definition) is 4. The molecule has 0 unspecified atom stereocenters. The Morgan fingerprint density at radius 3 is 1.82 bits per heavy atom. The van der Waals surface area contributed by atoms with E-state index in [2.05, 4.69) is 178 Å². The molecule has 0 fully saturated rings. The number of para-hydroxylation sites is 1. The van der Waals surface area contributed by atoms with Crippen LogP contribution in [0.5, 0.6) is 0 Å². The van der Waals surface area contributed by atoms with E-state index < -0.39 is 0 Å². The lowest BCUT2D eigenvalue weighted by molar-refractivity contribution is 0.660.